The Morgan fingerprint density at radius 3 is 2.66 bits per heavy atom. The number of aliphatic hydroxyl groups excluding tert-OH is 2. The van der Waals surface area contributed by atoms with Crippen LogP contribution in [-0.2, 0) is 15.8 Å². The first kappa shape index (κ1) is 25.9. The highest BCUT2D eigenvalue weighted by molar-refractivity contribution is 6.01. The van der Waals surface area contributed by atoms with Gasteiger partial charge in [-0.3, -0.25) is 9.59 Å². The number of carbonyl (C=O) groups is 2. The maximum absolute atomic E-state index is 13.6. The van der Waals surface area contributed by atoms with E-state index in [0.717, 1.165) is 6.08 Å². The summed E-state index contributed by atoms with van der Waals surface area (Å²) in [6.45, 7) is 3.17. The molecule has 1 fully saturated rings. The fourth-order valence-electron chi connectivity index (χ4n) is 3.53. The SMILES string of the molecule is C=CC(=O)Nc1ccccc1Nc1nc(NC2CCCN(C(=O)[C@@H](O)CO)C2)ncc1C(F)(F)F. The lowest BCUT2D eigenvalue weighted by Gasteiger charge is -2.34. The minimum atomic E-state index is -4.76. The van der Waals surface area contributed by atoms with Gasteiger partial charge in [-0.25, -0.2) is 4.98 Å². The zero-order valence-corrected chi connectivity index (χ0v) is 18.5. The van der Waals surface area contributed by atoms with Gasteiger partial charge in [-0.2, -0.15) is 18.2 Å². The van der Waals surface area contributed by atoms with E-state index in [9.17, 15) is 27.9 Å². The van der Waals surface area contributed by atoms with Crippen LogP contribution in [0.25, 0.3) is 0 Å². The topological polar surface area (TPSA) is 140 Å². The molecule has 2 amide bonds. The molecule has 0 spiro atoms. The molecule has 0 bridgehead atoms. The molecular formula is C22H25F3N6O4. The van der Waals surface area contributed by atoms with E-state index in [0.29, 0.717) is 25.6 Å². The highest BCUT2D eigenvalue weighted by Crippen LogP contribution is 2.36. The summed E-state index contributed by atoms with van der Waals surface area (Å²) < 4.78 is 40.9. The van der Waals surface area contributed by atoms with Crippen LogP contribution in [0.5, 0.6) is 0 Å². The number of alkyl halides is 3. The van der Waals surface area contributed by atoms with Crippen molar-refractivity contribution >= 4 is 35.0 Å². The molecule has 2 heterocycles. The summed E-state index contributed by atoms with van der Waals surface area (Å²) in [6, 6.07) is 5.78. The van der Waals surface area contributed by atoms with Crippen LogP contribution in [0, 0.1) is 0 Å². The van der Waals surface area contributed by atoms with Gasteiger partial charge in [-0.1, -0.05) is 18.7 Å². The first-order chi connectivity index (χ1) is 16.6. The molecule has 10 nitrogen and oxygen atoms in total. The van der Waals surface area contributed by atoms with Gasteiger partial charge in [0.1, 0.15) is 11.4 Å². The summed E-state index contributed by atoms with van der Waals surface area (Å²) in [7, 11) is 0. The second-order valence-electron chi connectivity index (χ2n) is 7.78. The van der Waals surface area contributed by atoms with Gasteiger partial charge >= 0.3 is 6.18 Å². The zero-order chi connectivity index (χ0) is 25.6. The number of nitrogens with zero attached hydrogens (tertiary/aromatic N) is 3. The van der Waals surface area contributed by atoms with Gasteiger partial charge in [0.05, 0.1) is 18.0 Å². The van der Waals surface area contributed by atoms with Crippen LogP contribution < -0.4 is 16.0 Å². The Bertz CT molecular complexity index is 1080. The molecule has 1 saturated heterocycles. The van der Waals surface area contributed by atoms with E-state index in [-0.39, 0.29) is 29.9 Å². The standard InChI is InChI=1S/C22H25F3N6O4/c1-2-18(34)28-15-7-3-4-8-16(15)29-19-14(22(23,24)25)10-26-21(30-19)27-13-6-5-9-31(11-13)20(35)17(33)12-32/h2-4,7-8,10,13,17,32-33H,1,5-6,9,11-12H2,(H,28,34)(H2,26,27,29,30)/t13?,17-/m0/s1. The van der Waals surface area contributed by atoms with E-state index in [4.69, 9.17) is 5.11 Å². The Morgan fingerprint density at radius 1 is 1.29 bits per heavy atom. The monoisotopic (exact) mass is 494 g/mol. The third-order valence-corrected chi connectivity index (χ3v) is 5.24. The Hall–Kier alpha value is -3.71. The number of likely N-dealkylation sites (tertiary alicyclic amines) is 1. The van der Waals surface area contributed by atoms with Gasteiger partial charge in [0, 0.05) is 25.3 Å². The van der Waals surface area contributed by atoms with E-state index in [1.807, 2.05) is 0 Å². The van der Waals surface area contributed by atoms with Crippen LogP contribution in [-0.4, -0.2) is 68.7 Å². The van der Waals surface area contributed by atoms with E-state index in [2.05, 4.69) is 32.5 Å². The molecule has 35 heavy (non-hydrogen) atoms. The van der Waals surface area contributed by atoms with Crippen molar-refractivity contribution in [2.75, 3.05) is 35.6 Å². The van der Waals surface area contributed by atoms with Gasteiger partial charge in [-0.15, -0.1) is 0 Å². The van der Waals surface area contributed by atoms with E-state index in [1.165, 1.54) is 17.0 Å². The summed E-state index contributed by atoms with van der Waals surface area (Å²) in [6.07, 6.45) is -3.46. The molecule has 3 rings (SSSR count). The zero-order valence-electron chi connectivity index (χ0n) is 18.5. The largest absolute Gasteiger partial charge is 0.421 e. The Kier molecular flexibility index (Phi) is 8.25. The minimum Gasteiger partial charge on any atom is -0.393 e. The third kappa shape index (κ3) is 6.67. The van der Waals surface area contributed by atoms with Crippen molar-refractivity contribution in [2.45, 2.75) is 31.2 Å². The molecule has 1 aliphatic rings. The smallest absolute Gasteiger partial charge is 0.393 e. The predicted octanol–water partition coefficient (Wildman–Crippen LogP) is 2.12. The quantitative estimate of drug-likeness (QED) is 0.352. The van der Waals surface area contributed by atoms with Crippen molar-refractivity contribution in [3.8, 4) is 0 Å². The van der Waals surface area contributed by atoms with E-state index in [1.54, 1.807) is 12.1 Å². The number of piperidine rings is 1. The van der Waals surface area contributed by atoms with Crippen molar-refractivity contribution in [1.82, 2.24) is 14.9 Å². The summed E-state index contributed by atoms with van der Waals surface area (Å²) in [5.74, 6) is -1.80. The molecule has 0 radical (unpaired) electrons. The van der Waals surface area contributed by atoms with Crippen LogP contribution in [0.1, 0.15) is 18.4 Å². The Balaban J connectivity index is 1.85. The predicted molar refractivity (Wildman–Crippen MR) is 122 cm³/mol. The van der Waals surface area contributed by atoms with Gasteiger partial charge < -0.3 is 31.1 Å². The van der Waals surface area contributed by atoms with Crippen molar-refractivity contribution in [1.29, 1.82) is 0 Å². The van der Waals surface area contributed by atoms with E-state index < -0.39 is 42.1 Å². The Labute approximate surface area is 198 Å². The molecule has 2 aromatic rings. The number of para-hydroxylation sites is 2. The lowest BCUT2D eigenvalue weighted by molar-refractivity contribution is -0.143. The summed E-state index contributed by atoms with van der Waals surface area (Å²) >= 11 is 0. The highest BCUT2D eigenvalue weighted by atomic mass is 19.4. The average molecular weight is 494 g/mol. The van der Waals surface area contributed by atoms with Gasteiger partial charge in [-0.05, 0) is 31.1 Å². The Morgan fingerprint density at radius 2 is 2.00 bits per heavy atom. The average Bonchev–Trinajstić information content (AvgIpc) is 2.83. The van der Waals surface area contributed by atoms with Crippen LogP contribution >= 0.6 is 0 Å². The summed E-state index contributed by atoms with van der Waals surface area (Å²) in [5.41, 5.74) is -0.716. The first-order valence-corrected chi connectivity index (χ1v) is 10.7. The summed E-state index contributed by atoms with van der Waals surface area (Å²) in [5, 5.41) is 26.7. The molecule has 1 aliphatic heterocycles. The lowest BCUT2D eigenvalue weighted by Crippen LogP contribution is -2.49. The molecule has 1 aromatic heterocycles. The molecule has 5 N–H and O–H groups in total. The maximum Gasteiger partial charge on any atom is 0.421 e. The number of aromatic nitrogens is 2. The maximum atomic E-state index is 13.6. The third-order valence-electron chi connectivity index (χ3n) is 5.24. The van der Waals surface area contributed by atoms with Gasteiger partial charge in [0.25, 0.3) is 5.91 Å². The molecular weight excluding hydrogens is 469 g/mol. The molecule has 0 saturated carbocycles. The molecule has 2 atom stereocenters. The molecule has 1 aromatic carbocycles. The molecule has 188 valence electrons. The number of nitrogens with one attached hydrogen (secondary N) is 3. The number of amides is 2. The number of aliphatic hydroxyl groups is 2. The fraction of sp³-hybridized carbons (Fsp3) is 0.364. The molecule has 0 aliphatic carbocycles. The number of rotatable bonds is 8. The van der Waals surface area contributed by atoms with Crippen LogP contribution in [0.4, 0.5) is 36.3 Å². The second-order valence-corrected chi connectivity index (χ2v) is 7.78. The molecule has 1 unspecified atom stereocenters. The summed E-state index contributed by atoms with van der Waals surface area (Å²) in [4.78, 5) is 33.0. The van der Waals surface area contributed by atoms with E-state index >= 15 is 0 Å². The lowest BCUT2D eigenvalue weighted by atomic mass is 10.1. The molecule has 13 heteroatoms. The van der Waals surface area contributed by atoms with Crippen LogP contribution in [0.15, 0.2) is 43.1 Å². The highest BCUT2D eigenvalue weighted by Gasteiger charge is 2.36. The first-order valence-electron chi connectivity index (χ1n) is 10.7. The van der Waals surface area contributed by atoms with Crippen molar-refractivity contribution < 1.29 is 33.0 Å². The number of halogens is 3. The minimum absolute atomic E-state index is 0.102. The van der Waals surface area contributed by atoms with Crippen LogP contribution in [0.3, 0.4) is 0 Å². The van der Waals surface area contributed by atoms with Crippen molar-refractivity contribution in [2.24, 2.45) is 0 Å². The van der Waals surface area contributed by atoms with Gasteiger partial charge in [0.2, 0.25) is 11.9 Å². The number of anilines is 4. The normalized spacial score (nSPS) is 16.8. The second kappa shape index (κ2) is 11.1. The fourth-order valence-corrected chi connectivity index (χ4v) is 3.53. The number of hydrogen-bond acceptors (Lipinski definition) is 8. The van der Waals surface area contributed by atoms with Crippen LogP contribution in [0.2, 0.25) is 0 Å². The van der Waals surface area contributed by atoms with Crippen molar-refractivity contribution in [3.05, 3.63) is 48.7 Å². The van der Waals surface area contributed by atoms with Crippen molar-refractivity contribution in [3.63, 3.8) is 0 Å². The number of carbonyl (C=O) groups excluding carboxylic acids is 2. The number of hydrogen-bond donors (Lipinski definition) is 5. The number of benzene rings is 1. The van der Waals surface area contributed by atoms with Gasteiger partial charge in [0.15, 0.2) is 6.10 Å².